The van der Waals surface area contributed by atoms with E-state index < -0.39 is 5.91 Å². The van der Waals surface area contributed by atoms with Gasteiger partial charge < -0.3 is 24.9 Å². The van der Waals surface area contributed by atoms with Crippen LogP contribution < -0.4 is 25.5 Å². The zero-order chi connectivity index (χ0) is 31.8. The van der Waals surface area contributed by atoms with E-state index in [2.05, 4.69) is 9.97 Å². The monoisotopic (exact) mass is 602 g/mol. The number of nitrogens with two attached hydrogens (primary N) is 1. The number of hydrogen-bond donors (Lipinski definition) is 2. The van der Waals surface area contributed by atoms with E-state index in [0.717, 1.165) is 50.2 Å². The molecule has 6 rings (SSSR count). The van der Waals surface area contributed by atoms with Gasteiger partial charge in [0.15, 0.2) is 0 Å². The number of benzene rings is 4. The summed E-state index contributed by atoms with van der Waals surface area (Å²) in [4.78, 5) is 34.1. The minimum atomic E-state index is -0.457. The Balaban J connectivity index is 1.53. The van der Waals surface area contributed by atoms with Crippen molar-refractivity contribution in [2.45, 2.75) is 33.8 Å². The van der Waals surface area contributed by atoms with Crippen LogP contribution in [-0.4, -0.2) is 34.7 Å². The summed E-state index contributed by atoms with van der Waals surface area (Å²) in [5.41, 5.74) is 13.9. The Bertz CT molecular complexity index is 2140. The smallest absolute Gasteiger partial charge is 0.265 e. The van der Waals surface area contributed by atoms with Crippen molar-refractivity contribution in [1.82, 2.24) is 14.5 Å². The lowest BCUT2D eigenvalue weighted by atomic mass is 9.91. The third kappa shape index (κ3) is 5.26. The lowest BCUT2D eigenvalue weighted by Gasteiger charge is -2.19. The Morgan fingerprint density at radius 1 is 0.911 bits per heavy atom. The van der Waals surface area contributed by atoms with Crippen LogP contribution in [0.3, 0.4) is 0 Å². The first-order valence-electron chi connectivity index (χ1n) is 14.5. The van der Waals surface area contributed by atoms with Crippen LogP contribution in [0.1, 0.15) is 27.9 Å². The summed E-state index contributed by atoms with van der Waals surface area (Å²) < 4.78 is 18.7. The van der Waals surface area contributed by atoms with E-state index in [0.29, 0.717) is 33.7 Å². The van der Waals surface area contributed by atoms with Gasteiger partial charge in [0.25, 0.3) is 5.56 Å². The van der Waals surface area contributed by atoms with Crippen LogP contribution >= 0.6 is 0 Å². The predicted molar refractivity (Wildman–Crippen MR) is 176 cm³/mol. The molecule has 9 nitrogen and oxygen atoms in total. The molecule has 6 aromatic rings. The zero-order valence-electron chi connectivity index (χ0n) is 25.9. The number of nitrogens with one attached hydrogen (secondary N) is 1. The van der Waals surface area contributed by atoms with Crippen molar-refractivity contribution in [2.24, 2.45) is 5.73 Å². The number of hydrogen-bond acceptors (Lipinski definition) is 6. The lowest BCUT2D eigenvalue weighted by Crippen LogP contribution is -2.20. The van der Waals surface area contributed by atoms with E-state index in [1.165, 1.54) is 0 Å². The van der Waals surface area contributed by atoms with E-state index in [4.69, 9.17) is 19.9 Å². The van der Waals surface area contributed by atoms with Crippen LogP contribution in [0.15, 0.2) is 77.9 Å². The molecule has 0 aliphatic heterocycles. The number of fused-ring (bicyclic) bond motifs is 2. The summed E-state index contributed by atoms with van der Waals surface area (Å²) in [5.74, 6) is 1.39. The van der Waals surface area contributed by atoms with E-state index in [1.54, 1.807) is 43.3 Å². The van der Waals surface area contributed by atoms with Gasteiger partial charge in [-0.15, -0.1) is 0 Å². The van der Waals surface area contributed by atoms with Crippen molar-refractivity contribution in [2.75, 3.05) is 14.2 Å². The second kappa shape index (κ2) is 11.8. The predicted octanol–water partition coefficient (Wildman–Crippen LogP) is 6.08. The highest BCUT2D eigenvalue weighted by molar-refractivity contribution is 6.03. The molecule has 0 unspecified atom stereocenters. The molecule has 2 aromatic heterocycles. The summed E-state index contributed by atoms with van der Waals surface area (Å²) >= 11 is 0. The van der Waals surface area contributed by atoms with Gasteiger partial charge in [0.05, 0.1) is 37.2 Å². The van der Waals surface area contributed by atoms with Crippen molar-refractivity contribution >= 4 is 27.7 Å². The molecule has 0 radical (unpaired) electrons. The first-order chi connectivity index (χ1) is 21.7. The molecule has 9 heteroatoms. The Morgan fingerprint density at radius 3 is 2.38 bits per heavy atom. The Hall–Kier alpha value is -5.57. The fourth-order valence-electron chi connectivity index (χ4n) is 5.91. The number of nitrogens with zero attached hydrogens (tertiary/aromatic N) is 2. The highest BCUT2D eigenvalue weighted by Gasteiger charge is 2.22. The largest absolute Gasteiger partial charge is 0.497 e. The number of methoxy groups -OCH3 is 2. The molecule has 0 atom stereocenters. The highest BCUT2D eigenvalue weighted by Crippen LogP contribution is 2.42. The normalized spacial score (nSPS) is 11.2. The molecular formula is C36H34N4O5. The number of H-pyrrole nitrogens is 1. The molecule has 0 saturated heterocycles. The van der Waals surface area contributed by atoms with Crippen LogP contribution in [0.4, 0.5) is 0 Å². The van der Waals surface area contributed by atoms with Gasteiger partial charge in [-0.1, -0.05) is 30.3 Å². The van der Waals surface area contributed by atoms with Gasteiger partial charge in [-0.2, -0.15) is 0 Å². The topological polar surface area (TPSA) is 121 Å². The van der Waals surface area contributed by atoms with Crippen molar-refractivity contribution in [3.63, 3.8) is 0 Å². The first-order valence-corrected chi connectivity index (χ1v) is 14.5. The number of para-hydroxylation sites is 1. The van der Waals surface area contributed by atoms with Gasteiger partial charge in [-0.25, -0.2) is 4.98 Å². The number of amides is 1. The number of ether oxygens (including phenoxy) is 3. The van der Waals surface area contributed by atoms with Gasteiger partial charge in [0, 0.05) is 16.6 Å². The fraction of sp³-hybridized carbons (Fsp3) is 0.194. The van der Waals surface area contributed by atoms with Gasteiger partial charge in [-0.05, 0) is 85.0 Å². The van der Waals surface area contributed by atoms with Gasteiger partial charge in [0.1, 0.15) is 35.7 Å². The Morgan fingerprint density at radius 2 is 1.67 bits per heavy atom. The molecule has 0 spiro atoms. The Labute approximate surface area is 260 Å². The Kier molecular flexibility index (Phi) is 7.76. The van der Waals surface area contributed by atoms with Crippen molar-refractivity contribution in [3.05, 3.63) is 111 Å². The van der Waals surface area contributed by atoms with Gasteiger partial charge >= 0.3 is 0 Å². The maximum Gasteiger partial charge on any atom is 0.265 e. The second-order valence-electron chi connectivity index (χ2n) is 11.0. The second-order valence-corrected chi connectivity index (χ2v) is 11.0. The third-order valence-electron chi connectivity index (χ3n) is 8.37. The maximum atomic E-state index is 13.7. The molecule has 3 N–H and O–H groups in total. The summed E-state index contributed by atoms with van der Waals surface area (Å²) in [7, 11) is 3.18. The van der Waals surface area contributed by atoms with Crippen LogP contribution in [0.25, 0.3) is 38.6 Å². The number of carbonyl (C=O) groups excluding carboxylic acids is 1. The molecule has 0 aliphatic rings. The quantitative estimate of drug-likeness (QED) is 0.207. The molecule has 4 aromatic carbocycles. The van der Waals surface area contributed by atoms with Gasteiger partial charge in [0.2, 0.25) is 5.91 Å². The lowest BCUT2D eigenvalue weighted by molar-refractivity contribution is -0.117. The van der Waals surface area contributed by atoms with Crippen molar-refractivity contribution in [1.29, 1.82) is 0 Å². The molecule has 1 amide bonds. The van der Waals surface area contributed by atoms with Crippen molar-refractivity contribution in [3.8, 4) is 34.1 Å². The fourth-order valence-corrected chi connectivity index (χ4v) is 5.91. The average Bonchev–Trinajstić information content (AvgIpc) is 3.34. The minimum Gasteiger partial charge on any atom is -0.497 e. The van der Waals surface area contributed by atoms with Crippen molar-refractivity contribution < 1.29 is 19.0 Å². The average molecular weight is 603 g/mol. The summed E-state index contributed by atoms with van der Waals surface area (Å²) in [6, 6.07) is 20.8. The number of primary amides is 1. The first kappa shape index (κ1) is 29.5. The molecular weight excluding hydrogens is 568 g/mol. The molecule has 0 bridgehead atoms. The van der Waals surface area contributed by atoms with Gasteiger partial charge in [-0.3, -0.25) is 14.2 Å². The van der Waals surface area contributed by atoms with E-state index in [-0.39, 0.29) is 18.6 Å². The van der Waals surface area contributed by atoms with E-state index in [9.17, 15) is 9.59 Å². The number of rotatable bonds is 9. The zero-order valence-corrected chi connectivity index (χ0v) is 25.9. The molecule has 2 heterocycles. The van der Waals surface area contributed by atoms with Crippen LogP contribution in [0, 0.1) is 20.8 Å². The minimum absolute atomic E-state index is 0.00869. The standard InChI is InChI=1S/C36H34N4O5/c1-20-22(3)39-35-28(17-32(37)41)31(45-18-23-12-14-24(43-4)15-13-23)16-27(33(20)35)25-8-6-10-29(21(25)2)40-19-38-34-26(36(40)42)9-7-11-30(34)44-5/h6-16,19,39H,17-18H2,1-5H3,(H2,37,41). The number of aromatic amines is 1. The molecule has 0 fully saturated rings. The molecule has 45 heavy (non-hydrogen) atoms. The SMILES string of the molecule is COc1ccc(COc2cc(-c3cccc(-n4cnc5c(OC)cccc5c4=O)c3C)c3c(C)c(C)[nH]c3c2CC(N)=O)cc1. The number of aromatic nitrogens is 3. The summed E-state index contributed by atoms with van der Waals surface area (Å²) in [6.07, 6.45) is 1.55. The third-order valence-corrected chi connectivity index (χ3v) is 8.37. The van der Waals surface area contributed by atoms with Crippen LogP contribution in [0.2, 0.25) is 0 Å². The number of carbonyl (C=O) groups is 1. The van der Waals surface area contributed by atoms with E-state index >= 15 is 0 Å². The summed E-state index contributed by atoms with van der Waals surface area (Å²) in [6.45, 7) is 6.32. The van der Waals surface area contributed by atoms with Crippen LogP contribution in [-0.2, 0) is 17.8 Å². The molecule has 0 aliphatic carbocycles. The van der Waals surface area contributed by atoms with E-state index in [1.807, 2.05) is 69.3 Å². The number of aryl methyl sites for hydroxylation is 2. The van der Waals surface area contributed by atoms with Crippen LogP contribution in [0.5, 0.6) is 17.2 Å². The summed E-state index contributed by atoms with van der Waals surface area (Å²) in [5, 5.41) is 1.43. The molecule has 228 valence electrons. The maximum absolute atomic E-state index is 13.7. The molecule has 0 saturated carbocycles. The highest BCUT2D eigenvalue weighted by atomic mass is 16.5.